The van der Waals surface area contributed by atoms with Crippen molar-refractivity contribution in [3.05, 3.63) is 107 Å². The van der Waals surface area contributed by atoms with Gasteiger partial charge in [0.05, 0.1) is 7.11 Å². The van der Waals surface area contributed by atoms with Crippen molar-refractivity contribution in [2.45, 2.75) is 13.1 Å². The Labute approximate surface area is 177 Å². The molecule has 2 aromatic carbocycles. The fourth-order valence-corrected chi connectivity index (χ4v) is 4.32. The van der Waals surface area contributed by atoms with Gasteiger partial charge < -0.3 is 9.64 Å². The highest BCUT2D eigenvalue weighted by Crippen LogP contribution is 2.38. The number of hydrogen-bond acceptors (Lipinski definition) is 4. The van der Waals surface area contributed by atoms with Gasteiger partial charge in [-0.1, -0.05) is 54.6 Å². The van der Waals surface area contributed by atoms with E-state index in [0.29, 0.717) is 0 Å². The van der Waals surface area contributed by atoms with E-state index in [0.717, 1.165) is 37.7 Å². The number of pyridine rings is 1. The molecule has 4 nitrogen and oxygen atoms in total. The summed E-state index contributed by atoms with van der Waals surface area (Å²) in [7, 11) is 1.74. The van der Waals surface area contributed by atoms with E-state index in [4.69, 9.17) is 9.72 Å². The van der Waals surface area contributed by atoms with Gasteiger partial charge in [0.2, 0.25) is 0 Å². The average molecular weight is 396 g/mol. The first-order valence-electron chi connectivity index (χ1n) is 10.3. The molecule has 30 heavy (non-hydrogen) atoms. The molecule has 4 heteroatoms. The number of methoxy groups -OCH3 is 1. The molecule has 0 radical (unpaired) electrons. The van der Waals surface area contributed by atoms with Crippen LogP contribution < -0.4 is 9.64 Å². The summed E-state index contributed by atoms with van der Waals surface area (Å²) in [6, 6.07) is 23.1. The van der Waals surface area contributed by atoms with Crippen molar-refractivity contribution in [1.29, 1.82) is 0 Å². The highest BCUT2D eigenvalue weighted by molar-refractivity contribution is 5.89. The third-order valence-electron chi connectivity index (χ3n) is 5.74. The van der Waals surface area contributed by atoms with E-state index in [-0.39, 0.29) is 0 Å². The Morgan fingerprint density at radius 3 is 2.63 bits per heavy atom. The van der Waals surface area contributed by atoms with Crippen LogP contribution in [0.4, 0.5) is 5.82 Å². The lowest BCUT2D eigenvalue weighted by atomic mass is 9.92. The molecular formula is C26H25N3O. The number of anilines is 1. The van der Waals surface area contributed by atoms with Crippen molar-refractivity contribution in [2.24, 2.45) is 0 Å². The van der Waals surface area contributed by atoms with Gasteiger partial charge >= 0.3 is 0 Å². The van der Waals surface area contributed by atoms with Crippen molar-refractivity contribution in [3.8, 4) is 5.75 Å². The summed E-state index contributed by atoms with van der Waals surface area (Å²) < 4.78 is 5.55. The van der Waals surface area contributed by atoms with E-state index in [1.54, 1.807) is 7.11 Å². The van der Waals surface area contributed by atoms with Gasteiger partial charge in [-0.05, 0) is 34.9 Å². The Hall–Kier alpha value is -3.37. The van der Waals surface area contributed by atoms with Crippen LogP contribution in [-0.2, 0) is 13.1 Å². The normalized spacial score (nSPS) is 15.7. The Morgan fingerprint density at radius 1 is 0.933 bits per heavy atom. The first-order valence-corrected chi connectivity index (χ1v) is 10.3. The summed E-state index contributed by atoms with van der Waals surface area (Å²) in [4.78, 5) is 9.44. The SMILES string of the molecule is COc1ccccc1CN1CC=C2C(=CN(Cc3ccccc3)c3ncccc32)C1. The maximum atomic E-state index is 5.55. The van der Waals surface area contributed by atoms with Gasteiger partial charge in [0.1, 0.15) is 11.6 Å². The average Bonchev–Trinajstić information content (AvgIpc) is 2.80. The minimum atomic E-state index is 0.814. The van der Waals surface area contributed by atoms with Crippen LogP contribution in [0.2, 0.25) is 0 Å². The van der Waals surface area contributed by atoms with E-state index in [1.807, 2.05) is 24.4 Å². The van der Waals surface area contributed by atoms with Crippen LogP contribution in [0.25, 0.3) is 5.57 Å². The Morgan fingerprint density at radius 2 is 1.77 bits per heavy atom. The number of nitrogens with zero attached hydrogens (tertiary/aromatic N) is 3. The number of ether oxygens (including phenoxy) is 1. The monoisotopic (exact) mass is 395 g/mol. The highest BCUT2D eigenvalue weighted by atomic mass is 16.5. The number of hydrogen-bond donors (Lipinski definition) is 0. The van der Waals surface area contributed by atoms with Crippen LogP contribution in [0.15, 0.2) is 90.8 Å². The molecule has 0 amide bonds. The second-order valence-corrected chi connectivity index (χ2v) is 7.74. The second-order valence-electron chi connectivity index (χ2n) is 7.74. The van der Waals surface area contributed by atoms with Gasteiger partial charge in [0.25, 0.3) is 0 Å². The maximum absolute atomic E-state index is 5.55. The fourth-order valence-electron chi connectivity index (χ4n) is 4.32. The summed E-state index contributed by atoms with van der Waals surface area (Å²) >= 11 is 0. The van der Waals surface area contributed by atoms with Crippen LogP contribution in [0.5, 0.6) is 5.75 Å². The molecule has 0 unspecified atom stereocenters. The van der Waals surface area contributed by atoms with E-state index < -0.39 is 0 Å². The van der Waals surface area contributed by atoms with Crippen LogP contribution in [0.3, 0.4) is 0 Å². The summed E-state index contributed by atoms with van der Waals surface area (Å²) in [5, 5.41) is 0. The lowest BCUT2D eigenvalue weighted by Crippen LogP contribution is -2.33. The minimum absolute atomic E-state index is 0.814. The van der Waals surface area contributed by atoms with Crippen molar-refractivity contribution in [2.75, 3.05) is 25.1 Å². The third-order valence-corrected chi connectivity index (χ3v) is 5.74. The molecule has 2 aliphatic rings. The molecule has 0 aliphatic carbocycles. The smallest absolute Gasteiger partial charge is 0.140 e. The summed E-state index contributed by atoms with van der Waals surface area (Å²) in [6.45, 7) is 3.50. The Balaban J connectivity index is 1.44. The standard InChI is InChI=1S/C26H25N3O/c1-30-25-12-6-5-10-21(25)17-28-15-13-23-22(18-28)19-29(16-20-8-3-2-4-9-20)26-24(23)11-7-14-27-26/h2-14,19H,15-18H2,1H3. The predicted octanol–water partition coefficient (Wildman–Crippen LogP) is 4.89. The number of fused-ring (bicyclic) bond motifs is 3. The van der Waals surface area contributed by atoms with Crippen molar-refractivity contribution in [1.82, 2.24) is 9.88 Å². The molecule has 0 saturated carbocycles. The molecule has 1 aromatic heterocycles. The molecule has 3 heterocycles. The molecule has 0 atom stereocenters. The number of rotatable bonds is 5. The molecule has 0 saturated heterocycles. The van der Waals surface area contributed by atoms with Gasteiger partial charge in [-0.3, -0.25) is 4.90 Å². The van der Waals surface area contributed by atoms with Crippen molar-refractivity contribution >= 4 is 11.4 Å². The first-order chi connectivity index (χ1) is 14.8. The molecule has 0 bridgehead atoms. The zero-order valence-electron chi connectivity index (χ0n) is 17.2. The third kappa shape index (κ3) is 3.62. The van der Waals surface area contributed by atoms with Gasteiger partial charge in [-0.25, -0.2) is 4.98 Å². The van der Waals surface area contributed by atoms with Crippen LogP contribution in [0, 0.1) is 0 Å². The van der Waals surface area contributed by atoms with Gasteiger partial charge in [-0.15, -0.1) is 0 Å². The zero-order chi connectivity index (χ0) is 20.3. The van der Waals surface area contributed by atoms with Gasteiger partial charge in [0, 0.05) is 49.7 Å². The van der Waals surface area contributed by atoms with Crippen LogP contribution in [0.1, 0.15) is 16.7 Å². The molecule has 5 rings (SSSR count). The first kappa shape index (κ1) is 18.6. The van der Waals surface area contributed by atoms with Gasteiger partial charge in [0.15, 0.2) is 0 Å². The zero-order valence-corrected chi connectivity index (χ0v) is 17.2. The van der Waals surface area contributed by atoms with E-state index >= 15 is 0 Å². The Bertz CT molecular complexity index is 1100. The predicted molar refractivity (Wildman–Crippen MR) is 121 cm³/mol. The molecule has 2 aliphatic heterocycles. The molecule has 150 valence electrons. The largest absolute Gasteiger partial charge is 0.496 e. The van der Waals surface area contributed by atoms with Crippen LogP contribution in [-0.4, -0.2) is 30.1 Å². The summed E-state index contributed by atoms with van der Waals surface area (Å²) in [5.41, 5.74) is 6.38. The van der Waals surface area contributed by atoms with E-state index in [9.17, 15) is 0 Å². The molecule has 0 N–H and O–H groups in total. The highest BCUT2D eigenvalue weighted by Gasteiger charge is 2.27. The fraction of sp³-hybridized carbons (Fsp3) is 0.192. The van der Waals surface area contributed by atoms with Crippen molar-refractivity contribution in [3.63, 3.8) is 0 Å². The molecule has 3 aromatic rings. The number of para-hydroxylation sites is 1. The Kier molecular flexibility index (Phi) is 5.08. The maximum Gasteiger partial charge on any atom is 0.140 e. The summed E-state index contributed by atoms with van der Waals surface area (Å²) in [5.74, 6) is 1.99. The second kappa shape index (κ2) is 8.17. The van der Waals surface area contributed by atoms with Crippen molar-refractivity contribution < 1.29 is 4.74 Å². The quantitative estimate of drug-likeness (QED) is 0.615. The number of aromatic nitrogens is 1. The van der Waals surface area contributed by atoms with E-state index in [2.05, 4.69) is 70.6 Å². The lowest BCUT2D eigenvalue weighted by molar-refractivity contribution is 0.308. The molecule has 0 spiro atoms. The van der Waals surface area contributed by atoms with E-state index in [1.165, 1.54) is 27.8 Å². The summed E-state index contributed by atoms with van der Waals surface area (Å²) in [6.07, 6.45) is 6.50. The van der Waals surface area contributed by atoms with Crippen LogP contribution >= 0.6 is 0 Å². The van der Waals surface area contributed by atoms with Gasteiger partial charge in [-0.2, -0.15) is 0 Å². The molecular weight excluding hydrogens is 370 g/mol. The number of benzene rings is 2. The molecule has 0 fully saturated rings. The topological polar surface area (TPSA) is 28.6 Å². The lowest BCUT2D eigenvalue weighted by Gasteiger charge is -2.35. The minimum Gasteiger partial charge on any atom is -0.496 e.